The maximum absolute atomic E-state index is 12.5. The van der Waals surface area contributed by atoms with Crippen LogP contribution in [0.3, 0.4) is 0 Å². The van der Waals surface area contributed by atoms with E-state index in [9.17, 15) is 14.7 Å². The lowest BCUT2D eigenvalue weighted by molar-refractivity contribution is -0.149. The molecule has 1 aliphatic carbocycles. The number of aryl methyl sites for hydroxylation is 1. The average molecular weight is 350 g/mol. The Morgan fingerprint density at radius 1 is 1.29 bits per heavy atom. The molecule has 130 valence electrons. The molecule has 0 aromatic carbocycles. The Kier molecular flexibility index (Phi) is 3.74. The first-order chi connectivity index (χ1) is 11.5. The lowest BCUT2D eigenvalue weighted by atomic mass is 9.81. The fourth-order valence-corrected chi connectivity index (χ4v) is 4.90. The number of nitrogens with zero attached hydrogens (tertiary/aromatic N) is 4. The Morgan fingerprint density at radius 2 is 2.08 bits per heavy atom. The van der Waals surface area contributed by atoms with Crippen molar-refractivity contribution in [2.75, 3.05) is 31.1 Å². The van der Waals surface area contributed by atoms with E-state index in [1.807, 2.05) is 11.8 Å². The minimum absolute atomic E-state index is 0.0343. The van der Waals surface area contributed by atoms with Crippen LogP contribution in [0.25, 0.3) is 0 Å². The van der Waals surface area contributed by atoms with Crippen molar-refractivity contribution in [2.24, 2.45) is 17.3 Å². The van der Waals surface area contributed by atoms with E-state index in [-0.39, 0.29) is 17.7 Å². The standard InChI is InChI=1S/C16H22N4O3S/c1-2-12-17-18-15(24-12)20-7-11-6-19(13(21)10-4-3-5-10)8-16(11,9-20)14(22)23/h10-11H,2-9H2,1H3,(H,22,23)/t11-,16-/m0/s1. The molecule has 7 nitrogen and oxygen atoms in total. The fourth-order valence-electron chi connectivity index (χ4n) is 4.11. The lowest BCUT2D eigenvalue weighted by Crippen LogP contribution is -2.44. The minimum atomic E-state index is -0.864. The summed E-state index contributed by atoms with van der Waals surface area (Å²) in [5, 5.41) is 20.0. The van der Waals surface area contributed by atoms with Gasteiger partial charge in [-0.15, -0.1) is 10.2 Å². The second-order valence-electron chi connectivity index (χ2n) is 7.22. The van der Waals surface area contributed by atoms with Crippen molar-refractivity contribution >= 4 is 28.3 Å². The van der Waals surface area contributed by atoms with E-state index in [1.165, 1.54) is 11.3 Å². The maximum Gasteiger partial charge on any atom is 0.313 e. The third kappa shape index (κ3) is 2.30. The van der Waals surface area contributed by atoms with Crippen LogP contribution in [0.4, 0.5) is 5.13 Å². The third-order valence-corrected chi connectivity index (χ3v) is 6.96. The Labute approximate surface area is 144 Å². The second-order valence-corrected chi connectivity index (χ2v) is 8.26. The van der Waals surface area contributed by atoms with Crippen LogP contribution in [0.15, 0.2) is 0 Å². The molecule has 2 aliphatic heterocycles. The van der Waals surface area contributed by atoms with Gasteiger partial charge >= 0.3 is 5.97 Å². The van der Waals surface area contributed by atoms with Gasteiger partial charge in [-0.1, -0.05) is 24.7 Å². The predicted octanol–water partition coefficient (Wildman–Crippen LogP) is 1.25. The van der Waals surface area contributed by atoms with E-state index in [4.69, 9.17) is 0 Å². The van der Waals surface area contributed by atoms with Crippen molar-refractivity contribution in [3.63, 3.8) is 0 Å². The van der Waals surface area contributed by atoms with Gasteiger partial charge in [-0.3, -0.25) is 9.59 Å². The molecule has 2 saturated heterocycles. The van der Waals surface area contributed by atoms with E-state index in [2.05, 4.69) is 10.2 Å². The zero-order valence-corrected chi connectivity index (χ0v) is 14.6. The topological polar surface area (TPSA) is 86.6 Å². The SMILES string of the molecule is CCc1nnc(N2C[C@@H]3CN(C(=O)C4CCC4)C[C@]3(C(=O)O)C2)s1. The number of hydrogen-bond donors (Lipinski definition) is 1. The van der Waals surface area contributed by atoms with Gasteiger partial charge in [0.05, 0.1) is 0 Å². The number of rotatable bonds is 4. The summed E-state index contributed by atoms with van der Waals surface area (Å²) < 4.78 is 0. The average Bonchev–Trinajstić information content (AvgIpc) is 3.17. The van der Waals surface area contributed by atoms with Crippen LogP contribution in [-0.4, -0.2) is 58.3 Å². The van der Waals surface area contributed by atoms with Crippen LogP contribution in [0, 0.1) is 17.3 Å². The Hall–Kier alpha value is -1.70. The quantitative estimate of drug-likeness (QED) is 0.879. The summed E-state index contributed by atoms with van der Waals surface area (Å²) in [6, 6.07) is 0. The van der Waals surface area contributed by atoms with E-state index in [0.29, 0.717) is 26.2 Å². The van der Waals surface area contributed by atoms with Gasteiger partial charge in [-0.25, -0.2) is 0 Å². The highest BCUT2D eigenvalue weighted by Crippen LogP contribution is 2.45. The summed E-state index contributed by atoms with van der Waals surface area (Å²) in [5.41, 5.74) is -0.864. The van der Waals surface area contributed by atoms with Gasteiger partial charge in [0.2, 0.25) is 11.0 Å². The van der Waals surface area contributed by atoms with Crippen molar-refractivity contribution in [3.05, 3.63) is 5.01 Å². The zero-order valence-electron chi connectivity index (χ0n) is 13.8. The first kappa shape index (κ1) is 15.8. The fraction of sp³-hybridized carbons (Fsp3) is 0.750. The third-order valence-electron chi connectivity index (χ3n) is 5.83. The van der Waals surface area contributed by atoms with Crippen LogP contribution < -0.4 is 4.90 Å². The summed E-state index contributed by atoms with van der Waals surface area (Å²) in [5.74, 6) is -0.541. The van der Waals surface area contributed by atoms with Gasteiger partial charge in [0.1, 0.15) is 10.4 Å². The lowest BCUT2D eigenvalue weighted by Gasteiger charge is -2.31. The molecular formula is C16H22N4O3S. The Bertz CT molecular complexity index is 674. The molecule has 3 fully saturated rings. The number of aliphatic carboxylic acids is 1. The highest BCUT2D eigenvalue weighted by Gasteiger charge is 2.59. The molecule has 0 spiro atoms. The first-order valence-electron chi connectivity index (χ1n) is 8.63. The molecule has 1 N–H and O–H groups in total. The molecule has 4 rings (SSSR count). The smallest absolute Gasteiger partial charge is 0.313 e. The predicted molar refractivity (Wildman–Crippen MR) is 89.0 cm³/mol. The van der Waals surface area contributed by atoms with Crippen LogP contribution in [0.1, 0.15) is 31.2 Å². The summed E-state index contributed by atoms with van der Waals surface area (Å²) in [4.78, 5) is 28.4. The summed E-state index contributed by atoms with van der Waals surface area (Å²) in [7, 11) is 0. The van der Waals surface area contributed by atoms with Crippen molar-refractivity contribution in [3.8, 4) is 0 Å². The molecule has 1 aromatic rings. The Balaban J connectivity index is 1.52. The van der Waals surface area contributed by atoms with Gasteiger partial charge in [0, 0.05) is 38.0 Å². The van der Waals surface area contributed by atoms with Gasteiger partial charge < -0.3 is 14.9 Å². The minimum Gasteiger partial charge on any atom is -0.481 e. The first-order valence-corrected chi connectivity index (χ1v) is 9.44. The van der Waals surface area contributed by atoms with Crippen molar-refractivity contribution in [2.45, 2.75) is 32.6 Å². The number of likely N-dealkylation sites (tertiary alicyclic amines) is 1. The molecule has 0 bridgehead atoms. The van der Waals surface area contributed by atoms with Crippen LogP contribution in [-0.2, 0) is 16.0 Å². The number of amides is 1. The molecule has 0 radical (unpaired) electrons. The molecule has 3 aliphatic rings. The number of hydrogen-bond acceptors (Lipinski definition) is 6. The Morgan fingerprint density at radius 3 is 2.62 bits per heavy atom. The van der Waals surface area contributed by atoms with Gasteiger partial charge in [-0.2, -0.15) is 0 Å². The molecule has 1 aromatic heterocycles. The zero-order chi connectivity index (χ0) is 16.9. The van der Waals surface area contributed by atoms with Crippen molar-refractivity contribution < 1.29 is 14.7 Å². The highest BCUT2D eigenvalue weighted by molar-refractivity contribution is 7.15. The van der Waals surface area contributed by atoms with Crippen LogP contribution in [0.5, 0.6) is 0 Å². The molecule has 2 atom stereocenters. The summed E-state index contributed by atoms with van der Waals surface area (Å²) in [6.07, 6.45) is 3.86. The highest BCUT2D eigenvalue weighted by atomic mass is 32.1. The summed E-state index contributed by atoms with van der Waals surface area (Å²) >= 11 is 1.53. The molecule has 0 unspecified atom stereocenters. The van der Waals surface area contributed by atoms with Crippen molar-refractivity contribution in [1.29, 1.82) is 0 Å². The normalized spacial score (nSPS) is 29.6. The number of carboxylic acid groups (broad SMARTS) is 1. The number of aromatic nitrogens is 2. The molecule has 3 heterocycles. The molecule has 8 heteroatoms. The van der Waals surface area contributed by atoms with Gasteiger partial charge in [0.15, 0.2) is 0 Å². The van der Waals surface area contributed by atoms with E-state index in [1.54, 1.807) is 4.90 Å². The second kappa shape index (κ2) is 5.68. The monoisotopic (exact) mass is 350 g/mol. The van der Waals surface area contributed by atoms with Crippen LogP contribution >= 0.6 is 11.3 Å². The number of carbonyl (C=O) groups excluding carboxylic acids is 1. The number of anilines is 1. The molecule has 1 amide bonds. The van der Waals surface area contributed by atoms with Crippen LogP contribution in [0.2, 0.25) is 0 Å². The molecule has 1 saturated carbocycles. The molecular weight excluding hydrogens is 328 g/mol. The molecule has 24 heavy (non-hydrogen) atoms. The van der Waals surface area contributed by atoms with Gasteiger partial charge in [-0.05, 0) is 19.3 Å². The summed E-state index contributed by atoms with van der Waals surface area (Å²) in [6.45, 7) is 3.97. The van der Waals surface area contributed by atoms with E-state index in [0.717, 1.165) is 35.8 Å². The largest absolute Gasteiger partial charge is 0.481 e. The van der Waals surface area contributed by atoms with Gasteiger partial charge in [0.25, 0.3) is 0 Å². The maximum atomic E-state index is 12.5. The van der Waals surface area contributed by atoms with Crippen molar-refractivity contribution in [1.82, 2.24) is 15.1 Å². The van der Waals surface area contributed by atoms with E-state index >= 15 is 0 Å². The number of fused-ring (bicyclic) bond motifs is 1. The van der Waals surface area contributed by atoms with E-state index < -0.39 is 11.4 Å². The number of carbonyl (C=O) groups is 2. The number of carboxylic acids is 1.